The summed E-state index contributed by atoms with van der Waals surface area (Å²) in [6.07, 6.45) is 0.0225. The summed E-state index contributed by atoms with van der Waals surface area (Å²) < 4.78 is 7.49. The summed E-state index contributed by atoms with van der Waals surface area (Å²) in [6, 6.07) is 10.4. The van der Waals surface area contributed by atoms with Crippen LogP contribution in [0.2, 0.25) is 18.1 Å². The molecule has 0 aliphatic heterocycles. The molecule has 0 saturated heterocycles. The Morgan fingerprint density at radius 2 is 1.76 bits per heavy atom. The molecule has 2 nitrogen and oxygen atoms in total. The molecule has 1 aromatic carbocycles. The van der Waals surface area contributed by atoms with Gasteiger partial charge in [-0.15, -0.1) is 0 Å². The molecule has 2 rings (SSSR count). The van der Waals surface area contributed by atoms with E-state index in [4.69, 9.17) is 9.41 Å². The van der Waals surface area contributed by atoms with Gasteiger partial charge in [0.2, 0.25) is 0 Å². The molecule has 2 aromatic rings. The van der Waals surface area contributed by atoms with Gasteiger partial charge in [0.1, 0.15) is 0 Å². The predicted octanol–water partition coefficient (Wildman–Crippen LogP) is 6.08. The molecule has 21 heavy (non-hydrogen) atoms. The number of hydrogen-bond acceptors (Lipinski definition) is 2. The monoisotopic (exact) mass is 365 g/mol. The Labute approximate surface area is 137 Å². The zero-order valence-corrected chi connectivity index (χ0v) is 16.3. The van der Waals surface area contributed by atoms with Gasteiger partial charge in [0.25, 0.3) is 0 Å². The van der Waals surface area contributed by atoms with Crippen molar-refractivity contribution < 1.29 is 4.43 Å². The van der Waals surface area contributed by atoms with E-state index in [-0.39, 0.29) is 11.1 Å². The van der Waals surface area contributed by atoms with E-state index in [0.29, 0.717) is 0 Å². The van der Waals surface area contributed by atoms with Crippen molar-refractivity contribution in [1.29, 1.82) is 0 Å². The molecule has 1 aromatic heterocycles. The summed E-state index contributed by atoms with van der Waals surface area (Å²) >= 11 is 3.50. The Balaban J connectivity index is 2.29. The van der Waals surface area contributed by atoms with Crippen molar-refractivity contribution in [3.63, 3.8) is 0 Å². The number of hydrogen-bond donors (Lipinski definition) is 0. The van der Waals surface area contributed by atoms with Gasteiger partial charge in [-0.1, -0.05) is 48.8 Å². The Morgan fingerprint density at radius 1 is 1.14 bits per heavy atom. The van der Waals surface area contributed by atoms with Gasteiger partial charge >= 0.3 is 0 Å². The molecule has 0 radical (unpaired) electrons. The molecule has 1 atom stereocenters. The van der Waals surface area contributed by atoms with E-state index in [1.807, 2.05) is 6.07 Å². The second-order valence-corrected chi connectivity index (χ2v) is 12.8. The van der Waals surface area contributed by atoms with Crippen molar-refractivity contribution in [2.75, 3.05) is 0 Å². The molecule has 0 bridgehead atoms. The first-order valence-corrected chi connectivity index (χ1v) is 11.0. The quantitative estimate of drug-likeness (QED) is 0.614. The number of nitrogens with zero attached hydrogens (tertiary/aromatic N) is 1. The average Bonchev–Trinajstić information content (AvgIpc) is 2.35. The van der Waals surface area contributed by atoms with Gasteiger partial charge in [-0.3, -0.25) is 4.98 Å². The van der Waals surface area contributed by atoms with Crippen LogP contribution in [0, 0.1) is 0 Å². The lowest BCUT2D eigenvalue weighted by molar-refractivity contribution is 0.199. The Bertz CT molecular complexity index is 649. The molecule has 114 valence electrons. The summed E-state index contributed by atoms with van der Waals surface area (Å²) in [5, 5.41) is 1.36. The van der Waals surface area contributed by atoms with E-state index in [1.165, 1.54) is 0 Å². The molecule has 0 spiro atoms. The van der Waals surface area contributed by atoms with Crippen LogP contribution < -0.4 is 0 Å². The van der Waals surface area contributed by atoms with Crippen LogP contribution in [0.15, 0.2) is 34.8 Å². The van der Waals surface area contributed by atoms with Gasteiger partial charge in [-0.2, -0.15) is 0 Å². The minimum absolute atomic E-state index is 0.0225. The Hall–Kier alpha value is -0.713. The maximum atomic E-state index is 6.43. The third kappa shape index (κ3) is 3.73. The highest BCUT2D eigenvalue weighted by molar-refractivity contribution is 9.10. The van der Waals surface area contributed by atoms with Crippen LogP contribution in [-0.2, 0) is 4.43 Å². The van der Waals surface area contributed by atoms with E-state index in [1.54, 1.807) is 0 Å². The lowest BCUT2D eigenvalue weighted by Crippen LogP contribution is -2.41. The van der Waals surface area contributed by atoms with E-state index in [0.717, 1.165) is 21.1 Å². The van der Waals surface area contributed by atoms with E-state index >= 15 is 0 Å². The van der Waals surface area contributed by atoms with Crippen LogP contribution in [0.1, 0.15) is 39.5 Å². The zero-order chi connectivity index (χ0) is 15.8. The van der Waals surface area contributed by atoms with Gasteiger partial charge in [0, 0.05) is 9.86 Å². The van der Waals surface area contributed by atoms with Crippen molar-refractivity contribution in [3.8, 4) is 0 Å². The normalized spacial score (nSPS) is 14.4. The molecule has 0 saturated carbocycles. The van der Waals surface area contributed by atoms with Crippen LogP contribution in [0.5, 0.6) is 0 Å². The third-order valence-electron chi connectivity index (χ3n) is 4.37. The number of rotatable bonds is 3. The molecule has 0 amide bonds. The lowest BCUT2D eigenvalue weighted by atomic mass is 10.2. The number of pyridine rings is 1. The highest BCUT2D eigenvalue weighted by atomic mass is 79.9. The topological polar surface area (TPSA) is 22.1 Å². The first kappa shape index (κ1) is 16.7. The fourth-order valence-electron chi connectivity index (χ4n) is 2.01. The van der Waals surface area contributed by atoms with Crippen LogP contribution in [0.25, 0.3) is 10.9 Å². The molecule has 0 aliphatic rings. The summed E-state index contributed by atoms with van der Waals surface area (Å²) in [7, 11) is -1.78. The maximum Gasteiger partial charge on any atom is 0.192 e. The van der Waals surface area contributed by atoms with Crippen molar-refractivity contribution in [2.45, 2.75) is 51.9 Å². The summed E-state index contributed by atoms with van der Waals surface area (Å²) in [4.78, 5) is 4.77. The molecule has 1 unspecified atom stereocenters. The molecular weight excluding hydrogens is 342 g/mol. The van der Waals surface area contributed by atoms with Crippen LogP contribution >= 0.6 is 15.9 Å². The highest BCUT2D eigenvalue weighted by Gasteiger charge is 2.38. The van der Waals surface area contributed by atoms with Crippen molar-refractivity contribution in [1.82, 2.24) is 4.98 Å². The second kappa shape index (κ2) is 5.82. The van der Waals surface area contributed by atoms with Crippen molar-refractivity contribution in [3.05, 3.63) is 40.5 Å². The SMILES string of the molecule is CC(O[Si](C)(C)C(C)(C)C)c1ccc2ccc(Br)cc2n1. The minimum Gasteiger partial charge on any atom is -0.409 e. The Kier molecular flexibility index (Phi) is 4.62. The summed E-state index contributed by atoms with van der Waals surface area (Å²) in [6.45, 7) is 13.4. The highest BCUT2D eigenvalue weighted by Crippen LogP contribution is 2.39. The maximum absolute atomic E-state index is 6.43. The molecule has 0 N–H and O–H groups in total. The van der Waals surface area contributed by atoms with Crippen LogP contribution in [0.4, 0.5) is 0 Å². The third-order valence-corrected chi connectivity index (χ3v) is 9.42. The van der Waals surface area contributed by atoms with E-state index < -0.39 is 8.32 Å². The first-order valence-electron chi connectivity index (χ1n) is 7.34. The standard InChI is InChI=1S/C17H24BrNOSi/c1-12(20-21(5,6)17(2,3)4)15-10-8-13-7-9-14(18)11-16(13)19-15/h7-12H,1-6H3. The molecule has 1 heterocycles. The summed E-state index contributed by atoms with van der Waals surface area (Å²) in [5.41, 5.74) is 2.01. The number of fused-ring (bicyclic) bond motifs is 1. The second-order valence-electron chi connectivity index (χ2n) is 7.09. The van der Waals surface area contributed by atoms with Gasteiger partial charge in [0.15, 0.2) is 8.32 Å². The molecule has 0 fully saturated rings. The summed E-state index contributed by atoms with van der Waals surface area (Å²) in [5.74, 6) is 0. The van der Waals surface area contributed by atoms with Crippen LogP contribution in [0.3, 0.4) is 0 Å². The van der Waals surface area contributed by atoms with Gasteiger partial charge in [-0.25, -0.2) is 0 Å². The number of halogens is 1. The van der Waals surface area contributed by atoms with Gasteiger partial charge in [-0.05, 0) is 43.3 Å². The smallest absolute Gasteiger partial charge is 0.192 e. The van der Waals surface area contributed by atoms with E-state index in [9.17, 15) is 0 Å². The minimum atomic E-state index is -1.78. The zero-order valence-electron chi connectivity index (χ0n) is 13.7. The van der Waals surface area contributed by atoms with Crippen molar-refractivity contribution >= 4 is 35.2 Å². The molecular formula is C17H24BrNOSi. The van der Waals surface area contributed by atoms with Crippen molar-refractivity contribution in [2.24, 2.45) is 0 Å². The predicted molar refractivity (Wildman–Crippen MR) is 96.1 cm³/mol. The largest absolute Gasteiger partial charge is 0.409 e. The lowest BCUT2D eigenvalue weighted by Gasteiger charge is -2.38. The van der Waals surface area contributed by atoms with E-state index in [2.05, 4.69) is 81.0 Å². The number of aromatic nitrogens is 1. The molecule has 4 heteroatoms. The first-order chi connectivity index (χ1) is 9.60. The van der Waals surface area contributed by atoms with Gasteiger partial charge < -0.3 is 4.43 Å². The Morgan fingerprint density at radius 3 is 2.38 bits per heavy atom. The fraction of sp³-hybridized carbons (Fsp3) is 0.471. The average molecular weight is 366 g/mol. The number of benzene rings is 1. The molecule has 0 aliphatic carbocycles. The fourth-order valence-corrected chi connectivity index (χ4v) is 3.72. The van der Waals surface area contributed by atoms with Crippen LogP contribution in [-0.4, -0.2) is 13.3 Å². The van der Waals surface area contributed by atoms with Gasteiger partial charge in [0.05, 0.1) is 17.3 Å².